The molecule has 0 saturated carbocycles. The van der Waals surface area contributed by atoms with Gasteiger partial charge in [-0.05, 0) is 79.9 Å². The Balaban J connectivity index is 1.92. The summed E-state index contributed by atoms with van der Waals surface area (Å²) in [6.07, 6.45) is 0. The number of rotatable bonds is 5. The summed E-state index contributed by atoms with van der Waals surface area (Å²) in [7, 11) is -4.01. The molecule has 0 bridgehead atoms. The number of amides is 1. The van der Waals surface area contributed by atoms with Crippen molar-refractivity contribution >= 4 is 50.5 Å². The van der Waals surface area contributed by atoms with Crippen LogP contribution in [0.2, 0.25) is 10.0 Å². The van der Waals surface area contributed by atoms with E-state index in [9.17, 15) is 13.2 Å². The SMILES string of the molecule is Cc1cc(Cl)ccc1NC(=O)c1ccc(Cl)c(S(=O)(=O)Nc2cccc(C)c2C)c1. The van der Waals surface area contributed by atoms with E-state index in [1.165, 1.54) is 18.2 Å². The average Bonchev–Trinajstić information content (AvgIpc) is 2.67. The van der Waals surface area contributed by atoms with Crippen molar-refractivity contribution in [1.82, 2.24) is 0 Å². The van der Waals surface area contributed by atoms with Gasteiger partial charge in [-0.25, -0.2) is 8.42 Å². The van der Waals surface area contributed by atoms with Gasteiger partial charge >= 0.3 is 0 Å². The van der Waals surface area contributed by atoms with E-state index in [0.29, 0.717) is 16.4 Å². The molecule has 3 rings (SSSR count). The number of benzene rings is 3. The molecule has 0 radical (unpaired) electrons. The highest BCUT2D eigenvalue weighted by molar-refractivity contribution is 7.92. The third-order valence-corrected chi connectivity index (χ3v) is 6.85. The maximum absolute atomic E-state index is 13.0. The molecule has 30 heavy (non-hydrogen) atoms. The number of hydrogen-bond acceptors (Lipinski definition) is 3. The van der Waals surface area contributed by atoms with Crippen molar-refractivity contribution in [3.63, 3.8) is 0 Å². The summed E-state index contributed by atoms with van der Waals surface area (Å²) in [5.74, 6) is -0.458. The van der Waals surface area contributed by atoms with E-state index in [1.807, 2.05) is 26.8 Å². The Hall–Kier alpha value is -2.54. The Morgan fingerprint density at radius 1 is 0.867 bits per heavy atom. The van der Waals surface area contributed by atoms with Crippen LogP contribution in [0.5, 0.6) is 0 Å². The highest BCUT2D eigenvalue weighted by atomic mass is 35.5. The summed E-state index contributed by atoms with van der Waals surface area (Å²) in [6, 6.07) is 14.5. The second-order valence-corrected chi connectivity index (χ2v) is 9.41. The van der Waals surface area contributed by atoms with Crippen LogP contribution >= 0.6 is 23.2 Å². The van der Waals surface area contributed by atoms with Crippen molar-refractivity contribution in [3.8, 4) is 0 Å². The fraction of sp³-hybridized carbons (Fsp3) is 0.136. The quantitative estimate of drug-likeness (QED) is 0.490. The first-order chi connectivity index (χ1) is 14.1. The standard InChI is InChI=1S/C22H20Cl2N2O3S/c1-13-5-4-6-20(15(13)3)26-30(28,29)21-12-16(7-9-18(21)24)22(27)25-19-10-8-17(23)11-14(19)2/h4-12,26H,1-3H3,(H,25,27). The molecule has 156 valence electrons. The molecule has 0 aliphatic carbocycles. The number of aryl methyl sites for hydroxylation is 2. The minimum atomic E-state index is -4.01. The van der Waals surface area contributed by atoms with E-state index >= 15 is 0 Å². The molecule has 0 atom stereocenters. The van der Waals surface area contributed by atoms with E-state index < -0.39 is 15.9 Å². The fourth-order valence-electron chi connectivity index (χ4n) is 2.87. The highest BCUT2D eigenvalue weighted by Gasteiger charge is 2.21. The summed E-state index contributed by atoms with van der Waals surface area (Å²) in [5.41, 5.74) is 3.75. The predicted molar refractivity (Wildman–Crippen MR) is 122 cm³/mol. The van der Waals surface area contributed by atoms with Gasteiger partial charge in [0.1, 0.15) is 4.90 Å². The lowest BCUT2D eigenvalue weighted by Gasteiger charge is -2.14. The van der Waals surface area contributed by atoms with Gasteiger partial charge in [-0.2, -0.15) is 0 Å². The summed E-state index contributed by atoms with van der Waals surface area (Å²) >= 11 is 12.1. The molecule has 0 aliphatic heterocycles. The van der Waals surface area contributed by atoms with Crippen molar-refractivity contribution in [2.75, 3.05) is 10.0 Å². The van der Waals surface area contributed by atoms with E-state index in [2.05, 4.69) is 10.0 Å². The maximum Gasteiger partial charge on any atom is 0.263 e. The largest absolute Gasteiger partial charge is 0.322 e. The van der Waals surface area contributed by atoms with E-state index in [-0.39, 0.29) is 15.5 Å². The van der Waals surface area contributed by atoms with Gasteiger partial charge in [-0.15, -0.1) is 0 Å². The van der Waals surface area contributed by atoms with Crippen molar-refractivity contribution in [1.29, 1.82) is 0 Å². The van der Waals surface area contributed by atoms with Gasteiger partial charge in [-0.3, -0.25) is 9.52 Å². The van der Waals surface area contributed by atoms with Crippen LogP contribution < -0.4 is 10.0 Å². The lowest BCUT2D eigenvalue weighted by atomic mass is 10.1. The Morgan fingerprint density at radius 3 is 2.30 bits per heavy atom. The third-order valence-electron chi connectivity index (χ3n) is 4.77. The molecule has 0 spiro atoms. The van der Waals surface area contributed by atoms with Crippen molar-refractivity contribution in [3.05, 3.63) is 86.9 Å². The molecule has 0 fully saturated rings. The first-order valence-electron chi connectivity index (χ1n) is 9.04. The molecule has 0 saturated heterocycles. The normalized spacial score (nSPS) is 11.2. The van der Waals surface area contributed by atoms with Gasteiger partial charge in [0.2, 0.25) is 0 Å². The summed E-state index contributed by atoms with van der Waals surface area (Å²) in [4.78, 5) is 12.5. The van der Waals surface area contributed by atoms with Crippen LogP contribution in [0.3, 0.4) is 0 Å². The molecule has 3 aromatic carbocycles. The predicted octanol–water partition coefficient (Wildman–Crippen LogP) is 5.97. The second kappa shape index (κ2) is 8.68. The number of anilines is 2. The monoisotopic (exact) mass is 462 g/mol. The fourth-order valence-corrected chi connectivity index (χ4v) is 4.75. The van der Waals surface area contributed by atoms with Crippen molar-refractivity contribution < 1.29 is 13.2 Å². The molecule has 0 aromatic heterocycles. The zero-order valence-corrected chi connectivity index (χ0v) is 18.9. The van der Waals surface area contributed by atoms with Gasteiger partial charge in [0.05, 0.1) is 10.7 Å². The molecule has 1 amide bonds. The molecular weight excluding hydrogens is 443 g/mol. The van der Waals surface area contributed by atoms with Gasteiger partial charge in [-0.1, -0.05) is 35.3 Å². The average molecular weight is 463 g/mol. The Bertz CT molecular complexity index is 1240. The van der Waals surface area contributed by atoms with Gasteiger partial charge < -0.3 is 5.32 Å². The van der Waals surface area contributed by atoms with Crippen LogP contribution in [0, 0.1) is 20.8 Å². The number of sulfonamides is 1. The zero-order valence-electron chi connectivity index (χ0n) is 16.6. The number of carbonyl (C=O) groups is 1. The Labute approximate surface area is 186 Å². The van der Waals surface area contributed by atoms with E-state index in [0.717, 1.165) is 16.7 Å². The Morgan fingerprint density at radius 2 is 1.60 bits per heavy atom. The molecule has 2 N–H and O–H groups in total. The molecule has 0 aliphatic rings. The Kier molecular flexibility index (Phi) is 6.41. The minimum Gasteiger partial charge on any atom is -0.322 e. The van der Waals surface area contributed by atoms with E-state index in [1.54, 1.807) is 30.3 Å². The van der Waals surface area contributed by atoms with Gasteiger partial charge in [0.25, 0.3) is 15.9 Å². The summed E-state index contributed by atoms with van der Waals surface area (Å²) in [6.45, 7) is 5.53. The molecule has 3 aromatic rings. The third kappa shape index (κ3) is 4.78. The molecule has 8 heteroatoms. The van der Waals surface area contributed by atoms with E-state index in [4.69, 9.17) is 23.2 Å². The lowest BCUT2D eigenvalue weighted by molar-refractivity contribution is 0.102. The first-order valence-corrected chi connectivity index (χ1v) is 11.3. The number of nitrogens with one attached hydrogen (secondary N) is 2. The maximum atomic E-state index is 13.0. The lowest BCUT2D eigenvalue weighted by Crippen LogP contribution is -2.17. The second-order valence-electron chi connectivity index (χ2n) is 6.91. The summed E-state index contributed by atoms with van der Waals surface area (Å²) in [5, 5.41) is 3.34. The zero-order chi connectivity index (χ0) is 22.1. The minimum absolute atomic E-state index is 0.0204. The van der Waals surface area contributed by atoms with Crippen LogP contribution in [0.4, 0.5) is 11.4 Å². The van der Waals surface area contributed by atoms with Crippen LogP contribution in [-0.4, -0.2) is 14.3 Å². The van der Waals surface area contributed by atoms with Crippen molar-refractivity contribution in [2.24, 2.45) is 0 Å². The van der Waals surface area contributed by atoms with Crippen LogP contribution in [0.25, 0.3) is 0 Å². The molecule has 0 heterocycles. The number of halogens is 2. The van der Waals surface area contributed by atoms with Gasteiger partial charge in [0.15, 0.2) is 0 Å². The van der Waals surface area contributed by atoms with Gasteiger partial charge in [0, 0.05) is 16.3 Å². The summed E-state index contributed by atoms with van der Waals surface area (Å²) < 4.78 is 28.5. The topological polar surface area (TPSA) is 75.3 Å². The highest BCUT2D eigenvalue weighted by Crippen LogP contribution is 2.28. The van der Waals surface area contributed by atoms with Crippen LogP contribution in [-0.2, 0) is 10.0 Å². The van der Waals surface area contributed by atoms with Crippen LogP contribution in [0.1, 0.15) is 27.0 Å². The molecule has 5 nitrogen and oxygen atoms in total. The number of carbonyl (C=O) groups excluding carboxylic acids is 1. The van der Waals surface area contributed by atoms with Crippen LogP contribution in [0.15, 0.2) is 59.5 Å². The molecule has 0 unspecified atom stereocenters. The molecular formula is C22H20Cl2N2O3S. The smallest absolute Gasteiger partial charge is 0.263 e. The first kappa shape index (κ1) is 22.2. The van der Waals surface area contributed by atoms with Crippen molar-refractivity contribution in [2.45, 2.75) is 25.7 Å². The number of hydrogen-bond donors (Lipinski definition) is 2.